The summed E-state index contributed by atoms with van der Waals surface area (Å²) in [5, 5.41) is 5.91. The fourth-order valence-electron chi connectivity index (χ4n) is 3.11. The SMILES string of the molecule is CC(C)NC(=O)CN1CCN(C(=O)NCCCN(C)c2ccccc2)CC1. The van der Waals surface area contributed by atoms with Crippen molar-refractivity contribution in [3.8, 4) is 0 Å². The lowest BCUT2D eigenvalue weighted by Crippen LogP contribution is -2.53. The largest absolute Gasteiger partial charge is 0.375 e. The highest BCUT2D eigenvalue weighted by molar-refractivity contribution is 5.78. The zero-order valence-corrected chi connectivity index (χ0v) is 16.8. The van der Waals surface area contributed by atoms with Crippen LogP contribution < -0.4 is 15.5 Å². The van der Waals surface area contributed by atoms with Gasteiger partial charge in [-0.25, -0.2) is 4.79 Å². The first-order chi connectivity index (χ1) is 13.0. The predicted molar refractivity (Wildman–Crippen MR) is 109 cm³/mol. The summed E-state index contributed by atoms with van der Waals surface area (Å²) in [4.78, 5) is 30.2. The molecule has 0 radical (unpaired) electrons. The van der Waals surface area contributed by atoms with Gasteiger partial charge in [-0.1, -0.05) is 18.2 Å². The van der Waals surface area contributed by atoms with Crippen LogP contribution in [-0.4, -0.2) is 80.6 Å². The van der Waals surface area contributed by atoms with Crippen molar-refractivity contribution in [2.24, 2.45) is 0 Å². The monoisotopic (exact) mass is 375 g/mol. The van der Waals surface area contributed by atoms with Crippen LogP contribution in [0.15, 0.2) is 30.3 Å². The average molecular weight is 376 g/mol. The molecule has 150 valence electrons. The minimum absolute atomic E-state index is 0.0105. The van der Waals surface area contributed by atoms with Crippen LogP contribution in [0.5, 0.6) is 0 Å². The Morgan fingerprint density at radius 1 is 1.11 bits per heavy atom. The molecule has 7 heteroatoms. The van der Waals surface area contributed by atoms with Crippen LogP contribution in [0.1, 0.15) is 20.3 Å². The molecule has 1 aromatic rings. The summed E-state index contributed by atoms with van der Waals surface area (Å²) in [6.45, 7) is 8.64. The minimum Gasteiger partial charge on any atom is -0.375 e. The highest BCUT2D eigenvalue weighted by Crippen LogP contribution is 2.10. The molecule has 2 N–H and O–H groups in total. The van der Waals surface area contributed by atoms with Crippen molar-refractivity contribution in [2.75, 3.05) is 57.8 Å². The van der Waals surface area contributed by atoms with Crippen LogP contribution in [0.4, 0.5) is 10.5 Å². The fraction of sp³-hybridized carbons (Fsp3) is 0.600. The molecule has 0 aliphatic carbocycles. The molecule has 0 bridgehead atoms. The first kappa shape index (κ1) is 21.0. The van der Waals surface area contributed by atoms with E-state index >= 15 is 0 Å². The van der Waals surface area contributed by atoms with E-state index in [1.54, 1.807) is 0 Å². The molecule has 0 spiro atoms. The van der Waals surface area contributed by atoms with Gasteiger partial charge in [-0.2, -0.15) is 0 Å². The number of benzene rings is 1. The predicted octanol–water partition coefficient (Wildman–Crippen LogP) is 1.36. The second-order valence-corrected chi connectivity index (χ2v) is 7.33. The van der Waals surface area contributed by atoms with Crippen molar-refractivity contribution in [3.05, 3.63) is 30.3 Å². The van der Waals surface area contributed by atoms with E-state index in [2.05, 4.69) is 39.6 Å². The van der Waals surface area contributed by atoms with Gasteiger partial charge in [0.2, 0.25) is 5.91 Å². The highest BCUT2D eigenvalue weighted by atomic mass is 16.2. The summed E-state index contributed by atoms with van der Waals surface area (Å²) in [5.74, 6) is 0.0467. The van der Waals surface area contributed by atoms with E-state index < -0.39 is 0 Å². The number of amides is 3. The second kappa shape index (κ2) is 10.8. The Bertz CT molecular complexity index is 585. The van der Waals surface area contributed by atoms with Crippen molar-refractivity contribution in [2.45, 2.75) is 26.3 Å². The van der Waals surface area contributed by atoms with E-state index in [0.717, 1.165) is 26.1 Å². The quantitative estimate of drug-likeness (QED) is 0.674. The van der Waals surface area contributed by atoms with E-state index in [4.69, 9.17) is 0 Å². The molecule has 1 heterocycles. The third-order valence-electron chi connectivity index (χ3n) is 4.62. The molecule has 1 saturated heterocycles. The number of nitrogens with one attached hydrogen (secondary N) is 2. The maximum absolute atomic E-state index is 12.3. The van der Waals surface area contributed by atoms with E-state index in [0.29, 0.717) is 26.2 Å². The zero-order valence-electron chi connectivity index (χ0n) is 16.8. The normalized spacial score (nSPS) is 14.9. The molecule has 0 saturated carbocycles. The molecule has 1 aliphatic heterocycles. The smallest absolute Gasteiger partial charge is 0.317 e. The van der Waals surface area contributed by atoms with E-state index in [-0.39, 0.29) is 18.0 Å². The molecule has 0 aromatic heterocycles. The lowest BCUT2D eigenvalue weighted by molar-refractivity contribution is -0.123. The summed E-state index contributed by atoms with van der Waals surface area (Å²) >= 11 is 0. The molecule has 27 heavy (non-hydrogen) atoms. The molecule has 0 atom stereocenters. The molecule has 1 fully saturated rings. The molecule has 3 amide bonds. The summed E-state index contributed by atoms with van der Waals surface area (Å²) in [5.41, 5.74) is 1.18. The minimum atomic E-state index is -0.0105. The Kier molecular flexibility index (Phi) is 8.39. The van der Waals surface area contributed by atoms with Gasteiger partial charge < -0.3 is 20.4 Å². The maximum Gasteiger partial charge on any atom is 0.317 e. The van der Waals surface area contributed by atoms with E-state index in [1.807, 2.05) is 36.9 Å². The number of hydrogen-bond donors (Lipinski definition) is 2. The number of piperazine rings is 1. The zero-order chi connectivity index (χ0) is 19.6. The van der Waals surface area contributed by atoms with E-state index in [9.17, 15) is 9.59 Å². The number of hydrogen-bond acceptors (Lipinski definition) is 4. The van der Waals surface area contributed by atoms with Crippen LogP contribution in [0, 0.1) is 0 Å². The molecular formula is C20H33N5O2. The third kappa shape index (κ3) is 7.46. The van der Waals surface area contributed by atoms with Crippen LogP contribution in [0.3, 0.4) is 0 Å². The lowest BCUT2D eigenvalue weighted by Gasteiger charge is -2.34. The van der Waals surface area contributed by atoms with Crippen LogP contribution in [0.2, 0.25) is 0 Å². The second-order valence-electron chi connectivity index (χ2n) is 7.33. The number of urea groups is 1. The van der Waals surface area contributed by atoms with Crippen LogP contribution in [0.25, 0.3) is 0 Å². The van der Waals surface area contributed by atoms with Gasteiger partial charge >= 0.3 is 6.03 Å². The van der Waals surface area contributed by atoms with Crippen molar-refractivity contribution in [1.29, 1.82) is 0 Å². The van der Waals surface area contributed by atoms with Crippen molar-refractivity contribution in [3.63, 3.8) is 0 Å². The number of rotatable bonds is 8. The number of carbonyl (C=O) groups excluding carboxylic acids is 2. The van der Waals surface area contributed by atoms with Gasteiger partial charge in [-0.15, -0.1) is 0 Å². The van der Waals surface area contributed by atoms with Gasteiger partial charge in [-0.05, 0) is 32.4 Å². The Labute approximate surface area is 162 Å². The Morgan fingerprint density at radius 2 is 1.78 bits per heavy atom. The molecule has 7 nitrogen and oxygen atoms in total. The standard InChI is InChI=1S/C20H33N5O2/c1-17(2)22-19(26)16-24-12-14-25(15-13-24)20(27)21-10-7-11-23(3)18-8-5-4-6-9-18/h4-6,8-9,17H,7,10-16H2,1-3H3,(H,21,27)(H,22,26). The van der Waals surface area contributed by atoms with E-state index in [1.165, 1.54) is 5.69 Å². The van der Waals surface area contributed by atoms with Gasteiger partial charge in [-0.3, -0.25) is 9.69 Å². The van der Waals surface area contributed by atoms with Crippen LogP contribution in [-0.2, 0) is 4.79 Å². The van der Waals surface area contributed by atoms with Gasteiger partial charge in [0.25, 0.3) is 0 Å². The topological polar surface area (TPSA) is 67.9 Å². The van der Waals surface area contributed by atoms with Gasteiger partial charge in [0.05, 0.1) is 6.54 Å². The molecule has 0 unspecified atom stereocenters. The lowest BCUT2D eigenvalue weighted by atomic mass is 10.3. The fourth-order valence-corrected chi connectivity index (χ4v) is 3.11. The molecular weight excluding hydrogens is 342 g/mol. The molecule has 1 aliphatic rings. The van der Waals surface area contributed by atoms with Crippen molar-refractivity contribution >= 4 is 17.6 Å². The summed E-state index contributed by atoms with van der Waals surface area (Å²) in [6.07, 6.45) is 0.895. The maximum atomic E-state index is 12.3. The number of carbonyl (C=O) groups is 2. The molecule has 2 rings (SSSR count). The van der Waals surface area contributed by atoms with Crippen molar-refractivity contribution in [1.82, 2.24) is 20.4 Å². The third-order valence-corrected chi connectivity index (χ3v) is 4.62. The number of para-hydroxylation sites is 1. The summed E-state index contributed by atoms with van der Waals surface area (Å²) in [7, 11) is 2.06. The number of nitrogens with zero attached hydrogens (tertiary/aromatic N) is 3. The molecule has 1 aromatic carbocycles. The first-order valence-electron chi connectivity index (χ1n) is 9.76. The Balaban J connectivity index is 1.60. The van der Waals surface area contributed by atoms with Gasteiger partial charge in [0, 0.05) is 58.0 Å². The Morgan fingerprint density at radius 3 is 2.41 bits per heavy atom. The van der Waals surface area contributed by atoms with Crippen molar-refractivity contribution < 1.29 is 9.59 Å². The summed E-state index contributed by atoms with van der Waals surface area (Å²) < 4.78 is 0. The average Bonchev–Trinajstić information content (AvgIpc) is 2.65. The number of anilines is 1. The highest BCUT2D eigenvalue weighted by Gasteiger charge is 2.22. The summed E-state index contributed by atoms with van der Waals surface area (Å²) in [6, 6.07) is 10.4. The van der Waals surface area contributed by atoms with Gasteiger partial charge in [0.1, 0.15) is 0 Å². The first-order valence-corrected chi connectivity index (χ1v) is 9.76. The Hall–Kier alpha value is -2.28. The van der Waals surface area contributed by atoms with Gasteiger partial charge in [0.15, 0.2) is 0 Å². The van der Waals surface area contributed by atoms with Crippen LogP contribution >= 0.6 is 0 Å².